The summed E-state index contributed by atoms with van der Waals surface area (Å²) >= 11 is 0. The standard InChI is InChI=1S/C17H17FN4O/c18-15-6-2-1-4-13(15)7-8-19-16-10-17(22-12-21-16)20-11-14-5-3-9-23-14/h1-6,9-10,12H,7-8,11H2,(H2,19,20,21,22). The molecule has 0 spiro atoms. The minimum atomic E-state index is -0.183. The number of benzene rings is 1. The molecular weight excluding hydrogens is 295 g/mol. The van der Waals surface area contributed by atoms with Crippen molar-refractivity contribution >= 4 is 11.6 Å². The maximum atomic E-state index is 13.5. The Balaban J connectivity index is 1.52. The molecule has 0 fully saturated rings. The minimum absolute atomic E-state index is 0.183. The summed E-state index contributed by atoms with van der Waals surface area (Å²) in [7, 11) is 0. The van der Waals surface area contributed by atoms with Crippen LogP contribution in [0.25, 0.3) is 0 Å². The molecule has 2 aromatic heterocycles. The van der Waals surface area contributed by atoms with Crippen LogP contribution in [0.2, 0.25) is 0 Å². The van der Waals surface area contributed by atoms with Crippen LogP contribution in [0.5, 0.6) is 0 Å². The van der Waals surface area contributed by atoms with E-state index in [-0.39, 0.29) is 5.82 Å². The molecule has 0 aliphatic carbocycles. The summed E-state index contributed by atoms with van der Waals surface area (Å²) in [5, 5.41) is 6.33. The van der Waals surface area contributed by atoms with E-state index in [1.54, 1.807) is 18.4 Å². The van der Waals surface area contributed by atoms with Gasteiger partial charge in [0.05, 0.1) is 12.8 Å². The Labute approximate surface area is 133 Å². The van der Waals surface area contributed by atoms with Gasteiger partial charge in [0, 0.05) is 12.6 Å². The molecule has 0 atom stereocenters. The summed E-state index contributed by atoms with van der Waals surface area (Å²) in [5.41, 5.74) is 0.685. The van der Waals surface area contributed by atoms with Crippen LogP contribution < -0.4 is 10.6 Å². The summed E-state index contributed by atoms with van der Waals surface area (Å²) in [5.74, 6) is 2.04. The molecule has 3 aromatic rings. The molecule has 5 nitrogen and oxygen atoms in total. The molecule has 0 amide bonds. The number of furan rings is 1. The van der Waals surface area contributed by atoms with E-state index in [4.69, 9.17) is 4.42 Å². The van der Waals surface area contributed by atoms with E-state index in [9.17, 15) is 4.39 Å². The fourth-order valence-corrected chi connectivity index (χ4v) is 2.17. The highest BCUT2D eigenvalue weighted by Crippen LogP contribution is 2.12. The van der Waals surface area contributed by atoms with E-state index in [0.717, 1.165) is 5.76 Å². The molecule has 0 aliphatic rings. The van der Waals surface area contributed by atoms with Crippen molar-refractivity contribution in [2.75, 3.05) is 17.2 Å². The van der Waals surface area contributed by atoms with Crippen LogP contribution in [-0.2, 0) is 13.0 Å². The highest BCUT2D eigenvalue weighted by Gasteiger charge is 2.02. The molecule has 118 valence electrons. The SMILES string of the molecule is Fc1ccccc1CCNc1cc(NCc2ccco2)ncn1. The van der Waals surface area contributed by atoms with Crippen molar-refractivity contribution in [2.24, 2.45) is 0 Å². The van der Waals surface area contributed by atoms with E-state index in [1.807, 2.05) is 24.3 Å². The maximum Gasteiger partial charge on any atom is 0.131 e. The molecule has 0 bridgehead atoms. The summed E-state index contributed by atoms with van der Waals surface area (Å²) < 4.78 is 18.8. The van der Waals surface area contributed by atoms with Gasteiger partial charge in [0.2, 0.25) is 0 Å². The average Bonchev–Trinajstić information content (AvgIpc) is 3.09. The van der Waals surface area contributed by atoms with Gasteiger partial charge in [-0.05, 0) is 30.2 Å². The van der Waals surface area contributed by atoms with Crippen molar-refractivity contribution in [1.29, 1.82) is 0 Å². The third-order valence-electron chi connectivity index (χ3n) is 3.35. The van der Waals surface area contributed by atoms with Crippen LogP contribution in [0.1, 0.15) is 11.3 Å². The van der Waals surface area contributed by atoms with Crippen molar-refractivity contribution < 1.29 is 8.81 Å². The van der Waals surface area contributed by atoms with E-state index in [1.165, 1.54) is 12.4 Å². The fourth-order valence-electron chi connectivity index (χ4n) is 2.17. The topological polar surface area (TPSA) is 63.0 Å². The lowest BCUT2D eigenvalue weighted by molar-refractivity contribution is 0.518. The van der Waals surface area contributed by atoms with Gasteiger partial charge in [-0.15, -0.1) is 0 Å². The zero-order valence-corrected chi connectivity index (χ0v) is 12.5. The lowest BCUT2D eigenvalue weighted by atomic mass is 10.1. The van der Waals surface area contributed by atoms with Gasteiger partial charge in [-0.2, -0.15) is 0 Å². The van der Waals surface area contributed by atoms with Gasteiger partial charge in [-0.3, -0.25) is 0 Å². The predicted molar refractivity (Wildman–Crippen MR) is 86.7 cm³/mol. The second kappa shape index (κ2) is 7.40. The minimum Gasteiger partial charge on any atom is -0.467 e. The molecule has 6 heteroatoms. The first-order valence-electron chi connectivity index (χ1n) is 7.37. The number of nitrogens with one attached hydrogen (secondary N) is 2. The normalized spacial score (nSPS) is 10.5. The Morgan fingerprint density at radius 2 is 1.83 bits per heavy atom. The Morgan fingerprint density at radius 3 is 2.61 bits per heavy atom. The maximum absolute atomic E-state index is 13.5. The van der Waals surface area contributed by atoms with Crippen LogP contribution in [0.15, 0.2) is 59.5 Å². The van der Waals surface area contributed by atoms with Gasteiger partial charge < -0.3 is 15.1 Å². The van der Waals surface area contributed by atoms with Crippen LogP contribution in [0, 0.1) is 5.82 Å². The molecule has 2 heterocycles. The zero-order chi connectivity index (χ0) is 15.9. The molecule has 2 N–H and O–H groups in total. The van der Waals surface area contributed by atoms with Crippen molar-refractivity contribution in [3.05, 3.63) is 72.2 Å². The number of hydrogen-bond acceptors (Lipinski definition) is 5. The third kappa shape index (κ3) is 4.29. The Bertz CT molecular complexity index is 746. The fraction of sp³-hybridized carbons (Fsp3) is 0.176. The third-order valence-corrected chi connectivity index (χ3v) is 3.35. The van der Waals surface area contributed by atoms with Crippen LogP contribution >= 0.6 is 0 Å². The highest BCUT2D eigenvalue weighted by atomic mass is 19.1. The number of halogens is 1. The Morgan fingerprint density at radius 1 is 1.00 bits per heavy atom. The molecule has 0 radical (unpaired) electrons. The van der Waals surface area contributed by atoms with Crippen LogP contribution in [0.4, 0.5) is 16.0 Å². The predicted octanol–water partition coefficient (Wildman–Crippen LogP) is 3.48. The van der Waals surface area contributed by atoms with Gasteiger partial charge in [0.1, 0.15) is 29.5 Å². The first-order chi connectivity index (χ1) is 11.3. The summed E-state index contributed by atoms with van der Waals surface area (Å²) in [6.07, 6.45) is 3.70. The second-order valence-corrected chi connectivity index (χ2v) is 4.99. The monoisotopic (exact) mass is 312 g/mol. The van der Waals surface area contributed by atoms with Crippen LogP contribution in [-0.4, -0.2) is 16.5 Å². The van der Waals surface area contributed by atoms with Gasteiger partial charge >= 0.3 is 0 Å². The quantitative estimate of drug-likeness (QED) is 0.699. The number of anilines is 2. The smallest absolute Gasteiger partial charge is 0.131 e. The van der Waals surface area contributed by atoms with E-state index in [0.29, 0.717) is 36.7 Å². The molecule has 0 saturated heterocycles. The van der Waals surface area contributed by atoms with Gasteiger partial charge in [-0.1, -0.05) is 18.2 Å². The molecule has 0 unspecified atom stereocenters. The van der Waals surface area contributed by atoms with Gasteiger partial charge in [0.25, 0.3) is 0 Å². The largest absolute Gasteiger partial charge is 0.467 e. The van der Waals surface area contributed by atoms with E-state index in [2.05, 4.69) is 20.6 Å². The number of nitrogens with zero attached hydrogens (tertiary/aromatic N) is 2. The molecule has 23 heavy (non-hydrogen) atoms. The molecule has 0 saturated carbocycles. The summed E-state index contributed by atoms with van der Waals surface area (Å²) in [4.78, 5) is 8.31. The van der Waals surface area contributed by atoms with Gasteiger partial charge in [-0.25, -0.2) is 14.4 Å². The number of aromatic nitrogens is 2. The first kappa shape index (κ1) is 15.0. The Hall–Kier alpha value is -2.89. The van der Waals surface area contributed by atoms with E-state index >= 15 is 0 Å². The average molecular weight is 312 g/mol. The molecular formula is C17H17FN4O. The highest BCUT2D eigenvalue weighted by molar-refractivity contribution is 5.46. The first-order valence-corrected chi connectivity index (χ1v) is 7.37. The van der Waals surface area contributed by atoms with Crippen molar-refractivity contribution in [1.82, 2.24) is 9.97 Å². The molecule has 3 rings (SSSR count). The van der Waals surface area contributed by atoms with Crippen molar-refractivity contribution in [3.63, 3.8) is 0 Å². The summed E-state index contributed by atoms with van der Waals surface area (Å²) in [6.45, 7) is 1.15. The van der Waals surface area contributed by atoms with Gasteiger partial charge in [0.15, 0.2) is 0 Å². The van der Waals surface area contributed by atoms with E-state index < -0.39 is 0 Å². The van der Waals surface area contributed by atoms with Crippen molar-refractivity contribution in [3.8, 4) is 0 Å². The molecule has 1 aromatic carbocycles. The number of hydrogen-bond donors (Lipinski definition) is 2. The lowest BCUT2D eigenvalue weighted by Crippen LogP contribution is -2.08. The second-order valence-electron chi connectivity index (χ2n) is 4.99. The number of rotatable bonds is 7. The lowest BCUT2D eigenvalue weighted by Gasteiger charge is -2.08. The Kier molecular flexibility index (Phi) is 4.83. The summed E-state index contributed by atoms with van der Waals surface area (Å²) in [6, 6.07) is 12.3. The molecule has 0 aliphatic heterocycles. The van der Waals surface area contributed by atoms with Crippen molar-refractivity contribution in [2.45, 2.75) is 13.0 Å². The zero-order valence-electron chi connectivity index (χ0n) is 12.5. The van der Waals surface area contributed by atoms with Crippen LogP contribution in [0.3, 0.4) is 0 Å².